The number of carboxylic acid groups (broad SMARTS) is 1. The first-order valence-corrected chi connectivity index (χ1v) is 8.85. The van der Waals surface area contributed by atoms with Crippen LogP contribution in [-0.4, -0.2) is 58.9 Å². The van der Waals surface area contributed by atoms with Gasteiger partial charge in [-0.05, 0) is 30.5 Å². The van der Waals surface area contributed by atoms with Gasteiger partial charge in [-0.3, -0.25) is 14.4 Å². The van der Waals surface area contributed by atoms with E-state index < -0.39 is 11.4 Å². The molecule has 1 aromatic rings. The van der Waals surface area contributed by atoms with Crippen LogP contribution in [0.5, 0.6) is 0 Å². The standard InChI is InChI=1S/C18H21ClN2O4/c19-14-4-1-3-13(11-14)12-15(22)20-7-9-21(10-8-20)16(23)18(17(24)25)5-2-6-18/h1,3-4,11H,2,5-10,12H2,(H,24,25). The Morgan fingerprint density at radius 2 is 1.72 bits per heavy atom. The second-order valence-electron chi connectivity index (χ2n) is 6.72. The molecule has 25 heavy (non-hydrogen) atoms. The average molecular weight is 365 g/mol. The first-order valence-electron chi connectivity index (χ1n) is 8.47. The molecule has 1 saturated carbocycles. The lowest BCUT2D eigenvalue weighted by Crippen LogP contribution is -2.58. The number of aliphatic carboxylic acids is 1. The Morgan fingerprint density at radius 1 is 1.08 bits per heavy atom. The second-order valence-corrected chi connectivity index (χ2v) is 7.16. The molecule has 0 bridgehead atoms. The normalized spacial score (nSPS) is 19.2. The molecule has 7 heteroatoms. The fourth-order valence-corrected chi connectivity index (χ4v) is 3.66. The minimum absolute atomic E-state index is 0.00837. The highest BCUT2D eigenvalue weighted by Crippen LogP contribution is 2.43. The zero-order valence-electron chi connectivity index (χ0n) is 13.9. The number of benzene rings is 1. The third kappa shape index (κ3) is 3.49. The van der Waals surface area contributed by atoms with Crippen LogP contribution in [0.15, 0.2) is 24.3 Å². The third-order valence-electron chi connectivity index (χ3n) is 5.19. The van der Waals surface area contributed by atoms with Gasteiger partial charge in [0.05, 0.1) is 6.42 Å². The molecular formula is C18H21ClN2O4. The van der Waals surface area contributed by atoms with Crippen molar-refractivity contribution in [2.45, 2.75) is 25.7 Å². The molecule has 0 atom stereocenters. The topological polar surface area (TPSA) is 77.9 Å². The number of piperazine rings is 1. The molecule has 1 aromatic carbocycles. The predicted octanol–water partition coefficient (Wildman–Crippen LogP) is 1.81. The van der Waals surface area contributed by atoms with Crippen molar-refractivity contribution < 1.29 is 19.5 Å². The molecule has 2 fully saturated rings. The lowest BCUT2D eigenvalue weighted by Gasteiger charge is -2.43. The van der Waals surface area contributed by atoms with Crippen LogP contribution >= 0.6 is 11.6 Å². The van der Waals surface area contributed by atoms with Crippen LogP contribution in [0.3, 0.4) is 0 Å². The smallest absolute Gasteiger partial charge is 0.319 e. The van der Waals surface area contributed by atoms with Crippen LogP contribution in [0.25, 0.3) is 0 Å². The maximum Gasteiger partial charge on any atom is 0.319 e. The molecule has 1 heterocycles. The Hall–Kier alpha value is -2.08. The number of halogens is 1. The number of hydrogen-bond donors (Lipinski definition) is 1. The molecule has 2 amide bonds. The lowest BCUT2D eigenvalue weighted by molar-refractivity contribution is -0.169. The number of carbonyl (C=O) groups excluding carboxylic acids is 2. The van der Waals surface area contributed by atoms with Gasteiger partial charge in [0, 0.05) is 31.2 Å². The summed E-state index contributed by atoms with van der Waals surface area (Å²) in [4.78, 5) is 39.8. The maximum atomic E-state index is 12.6. The van der Waals surface area contributed by atoms with E-state index in [1.54, 1.807) is 21.9 Å². The summed E-state index contributed by atoms with van der Waals surface area (Å²) < 4.78 is 0. The van der Waals surface area contributed by atoms with Crippen LogP contribution in [-0.2, 0) is 20.8 Å². The van der Waals surface area contributed by atoms with Crippen molar-refractivity contribution in [3.63, 3.8) is 0 Å². The fraction of sp³-hybridized carbons (Fsp3) is 0.500. The summed E-state index contributed by atoms with van der Waals surface area (Å²) in [5.41, 5.74) is -0.372. The Kier molecular flexibility index (Phi) is 4.99. The van der Waals surface area contributed by atoms with Gasteiger partial charge in [-0.2, -0.15) is 0 Å². The van der Waals surface area contributed by atoms with Crippen LogP contribution in [0.1, 0.15) is 24.8 Å². The molecule has 0 unspecified atom stereocenters. The summed E-state index contributed by atoms with van der Waals surface area (Å²) in [5.74, 6) is -1.33. The quantitative estimate of drug-likeness (QED) is 0.826. The van der Waals surface area contributed by atoms with Crippen LogP contribution in [0, 0.1) is 5.41 Å². The molecule has 1 aliphatic carbocycles. The van der Waals surface area contributed by atoms with E-state index in [0.29, 0.717) is 44.0 Å². The van der Waals surface area contributed by atoms with Gasteiger partial charge in [0.1, 0.15) is 5.41 Å². The lowest BCUT2D eigenvalue weighted by atomic mass is 9.67. The van der Waals surface area contributed by atoms with Crippen LogP contribution in [0.4, 0.5) is 0 Å². The number of amides is 2. The minimum Gasteiger partial charge on any atom is -0.480 e. The van der Waals surface area contributed by atoms with E-state index >= 15 is 0 Å². The van der Waals surface area contributed by atoms with Gasteiger partial charge in [0.15, 0.2) is 0 Å². The van der Waals surface area contributed by atoms with E-state index in [-0.39, 0.29) is 18.2 Å². The summed E-state index contributed by atoms with van der Waals surface area (Å²) in [6, 6.07) is 7.20. The van der Waals surface area contributed by atoms with Crippen molar-refractivity contribution in [3.05, 3.63) is 34.9 Å². The largest absolute Gasteiger partial charge is 0.480 e. The molecule has 0 spiro atoms. The summed E-state index contributed by atoms with van der Waals surface area (Å²) in [5, 5.41) is 9.99. The second kappa shape index (κ2) is 7.04. The Bertz CT molecular complexity index is 694. The average Bonchev–Trinajstić information content (AvgIpc) is 2.53. The van der Waals surface area contributed by atoms with Gasteiger partial charge < -0.3 is 14.9 Å². The Labute approximate surface area is 151 Å². The van der Waals surface area contributed by atoms with E-state index in [0.717, 1.165) is 12.0 Å². The van der Waals surface area contributed by atoms with Gasteiger partial charge >= 0.3 is 5.97 Å². The van der Waals surface area contributed by atoms with Crippen molar-refractivity contribution in [1.82, 2.24) is 9.80 Å². The molecule has 2 aliphatic rings. The van der Waals surface area contributed by atoms with Crippen LogP contribution in [0.2, 0.25) is 5.02 Å². The highest BCUT2D eigenvalue weighted by Gasteiger charge is 2.53. The maximum absolute atomic E-state index is 12.6. The highest BCUT2D eigenvalue weighted by atomic mass is 35.5. The number of hydrogen-bond acceptors (Lipinski definition) is 3. The summed E-state index contributed by atoms with van der Waals surface area (Å²) in [6.45, 7) is 1.63. The van der Waals surface area contributed by atoms with Gasteiger partial charge in [0.25, 0.3) is 0 Å². The third-order valence-corrected chi connectivity index (χ3v) is 5.42. The van der Waals surface area contributed by atoms with Gasteiger partial charge in [-0.15, -0.1) is 0 Å². The van der Waals surface area contributed by atoms with Gasteiger partial charge in [-0.25, -0.2) is 0 Å². The molecule has 6 nitrogen and oxygen atoms in total. The Morgan fingerprint density at radius 3 is 2.24 bits per heavy atom. The molecule has 0 radical (unpaired) electrons. The van der Waals surface area contributed by atoms with Crippen molar-refractivity contribution in [2.75, 3.05) is 26.2 Å². The predicted molar refractivity (Wildman–Crippen MR) is 92.2 cm³/mol. The van der Waals surface area contributed by atoms with Gasteiger partial charge in [-0.1, -0.05) is 30.2 Å². The van der Waals surface area contributed by atoms with E-state index in [2.05, 4.69) is 0 Å². The molecule has 1 aliphatic heterocycles. The molecule has 0 aromatic heterocycles. The van der Waals surface area contributed by atoms with Crippen molar-refractivity contribution in [1.29, 1.82) is 0 Å². The first kappa shape index (κ1) is 17.7. The first-order chi connectivity index (χ1) is 11.9. The number of carboxylic acids is 1. The molecule has 134 valence electrons. The monoisotopic (exact) mass is 364 g/mol. The van der Waals surface area contributed by atoms with E-state index in [9.17, 15) is 19.5 Å². The number of rotatable bonds is 4. The summed E-state index contributed by atoms with van der Waals surface area (Å²) in [6.07, 6.45) is 1.87. The van der Waals surface area contributed by atoms with Crippen molar-refractivity contribution >= 4 is 29.4 Å². The minimum atomic E-state index is -1.23. The summed E-state index contributed by atoms with van der Waals surface area (Å²) >= 11 is 5.94. The summed E-state index contributed by atoms with van der Waals surface area (Å²) in [7, 11) is 0. The number of nitrogens with zero attached hydrogens (tertiary/aromatic N) is 2. The molecule has 1 saturated heterocycles. The fourth-order valence-electron chi connectivity index (χ4n) is 3.44. The van der Waals surface area contributed by atoms with E-state index in [4.69, 9.17) is 11.6 Å². The zero-order valence-corrected chi connectivity index (χ0v) is 14.7. The van der Waals surface area contributed by atoms with Crippen molar-refractivity contribution in [2.24, 2.45) is 5.41 Å². The van der Waals surface area contributed by atoms with E-state index in [1.807, 2.05) is 12.1 Å². The van der Waals surface area contributed by atoms with Crippen LogP contribution < -0.4 is 0 Å². The highest BCUT2D eigenvalue weighted by molar-refractivity contribution is 6.30. The van der Waals surface area contributed by atoms with Gasteiger partial charge in [0.2, 0.25) is 11.8 Å². The SMILES string of the molecule is O=C(Cc1cccc(Cl)c1)N1CCN(C(=O)C2(C(=O)O)CCC2)CC1. The van der Waals surface area contributed by atoms with E-state index in [1.165, 1.54) is 0 Å². The molecule has 3 rings (SSSR count). The Balaban J connectivity index is 1.55. The number of carbonyl (C=O) groups is 3. The zero-order chi connectivity index (χ0) is 18.0. The molecule has 1 N–H and O–H groups in total. The van der Waals surface area contributed by atoms with Crippen molar-refractivity contribution in [3.8, 4) is 0 Å². The molecular weight excluding hydrogens is 344 g/mol.